The van der Waals surface area contributed by atoms with Gasteiger partial charge in [-0.1, -0.05) is 5.16 Å². The van der Waals surface area contributed by atoms with Gasteiger partial charge in [-0.2, -0.15) is 26.3 Å². The molecule has 0 aromatic carbocycles. The normalized spacial score (nSPS) is 21.2. The molecule has 10 nitrogen and oxygen atoms in total. The first kappa shape index (κ1) is 31.5. The van der Waals surface area contributed by atoms with Crippen molar-refractivity contribution in [3.05, 3.63) is 33.1 Å². The topological polar surface area (TPSA) is 135 Å². The van der Waals surface area contributed by atoms with Crippen LogP contribution in [0.4, 0.5) is 26.3 Å². The molecule has 2 N–H and O–H groups in total. The molecule has 0 radical (unpaired) electrons. The number of carbonyl (C=O) groups is 2. The molecular formula is C21H25F6N3O7S. The van der Waals surface area contributed by atoms with Crippen molar-refractivity contribution in [3.63, 3.8) is 0 Å². The number of nitrogens with zero attached hydrogens (tertiary/aromatic N) is 3. The Morgan fingerprint density at radius 1 is 1.11 bits per heavy atom. The van der Waals surface area contributed by atoms with Crippen LogP contribution in [0.25, 0.3) is 0 Å². The van der Waals surface area contributed by atoms with Gasteiger partial charge in [-0.15, -0.1) is 11.3 Å². The average Bonchev–Trinajstić information content (AvgIpc) is 3.56. The zero-order valence-corrected chi connectivity index (χ0v) is 21.1. The highest BCUT2D eigenvalue weighted by Crippen LogP contribution is 2.34. The van der Waals surface area contributed by atoms with Crippen LogP contribution in [0.1, 0.15) is 27.7 Å². The average molecular weight is 578 g/mol. The van der Waals surface area contributed by atoms with E-state index in [0.29, 0.717) is 18.6 Å². The molecule has 2 aliphatic rings. The predicted molar refractivity (Wildman–Crippen MR) is 117 cm³/mol. The van der Waals surface area contributed by atoms with Crippen molar-refractivity contribution in [2.45, 2.75) is 58.4 Å². The fourth-order valence-corrected chi connectivity index (χ4v) is 4.35. The number of halogens is 6. The molecule has 0 amide bonds. The minimum absolute atomic E-state index is 0.194. The molecule has 2 aliphatic heterocycles. The van der Waals surface area contributed by atoms with Crippen LogP contribution in [0, 0.1) is 26.7 Å². The lowest BCUT2D eigenvalue weighted by Crippen LogP contribution is -2.32. The third-order valence-electron chi connectivity index (χ3n) is 5.59. The molecule has 38 heavy (non-hydrogen) atoms. The number of ether oxygens (including phenoxy) is 2. The first-order chi connectivity index (χ1) is 17.5. The molecule has 2 aromatic rings. The van der Waals surface area contributed by atoms with Gasteiger partial charge in [0, 0.05) is 36.0 Å². The maximum atomic E-state index is 10.6. The first-order valence-corrected chi connectivity index (χ1v) is 11.7. The number of aryl methyl sites for hydroxylation is 3. The van der Waals surface area contributed by atoms with E-state index in [2.05, 4.69) is 20.4 Å². The van der Waals surface area contributed by atoms with Crippen LogP contribution in [0.5, 0.6) is 0 Å². The van der Waals surface area contributed by atoms with Gasteiger partial charge >= 0.3 is 24.3 Å². The highest BCUT2D eigenvalue weighted by Gasteiger charge is 2.46. The van der Waals surface area contributed by atoms with Crippen molar-refractivity contribution in [3.8, 4) is 0 Å². The summed E-state index contributed by atoms with van der Waals surface area (Å²) in [5.74, 6) is -4.17. The Kier molecular flexibility index (Phi) is 10.6. The lowest BCUT2D eigenvalue weighted by Gasteiger charge is -2.21. The molecule has 17 heteroatoms. The van der Waals surface area contributed by atoms with Gasteiger partial charge in [-0.25, -0.2) is 14.6 Å². The number of carboxylic acids is 2. The van der Waals surface area contributed by atoms with Crippen molar-refractivity contribution in [1.29, 1.82) is 0 Å². The number of aromatic nitrogens is 2. The van der Waals surface area contributed by atoms with Gasteiger partial charge in [0.25, 0.3) is 0 Å². The van der Waals surface area contributed by atoms with Crippen LogP contribution in [0.3, 0.4) is 0 Å². The van der Waals surface area contributed by atoms with E-state index in [4.69, 9.17) is 33.8 Å². The second-order valence-corrected chi connectivity index (χ2v) is 9.38. The standard InChI is InChI=1S/C17H23N3O3S.2C2HF3O2/c1-10-14(11(2)23-19-10)4-20-5-17(15-7-21-8-16(15)20)22-6-13-9-24-12(3)18-13;2*3-2(4,5)1(6)7/h9,15-17H,4-8H2,1-3H3;2*(H,6,7)/t15-,16+,17-;;/m0../s1. The van der Waals surface area contributed by atoms with Gasteiger partial charge in [0.2, 0.25) is 0 Å². The zero-order valence-electron chi connectivity index (χ0n) is 20.3. The first-order valence-electron chi connectivity index (χ1n) is 10.9. The number of hydrogen-bond acceptors (Lipinski definition) is 9. The van der Waals surface area contributed by atoms with Crippen LogP contribution in [-0.4, -0.2) is 81.4 Å². The molecule has 2 fully saturated rings. The second kappa shape index (κ2) is 12.9. The highest BCUT2D eigenvalue weighted by atomic mass is 32.1. The number of rotatable bonds is 5. The molecule has 2 aromatic heterocycles. The summed E-state index contributed by atoms with van der Waals surface area (Å²) in [6, 6.07) is 0.417. The molecule has 0 saturated carbocycles. The number of hydrogen-bond donors (Lipinski definition) is 2. The van der Waals surface area contributed by atoms with E-state index in [9.17, 15) is 26.3 Å². The minimum Gasteiger partial charge on any atom is -0.475 e. The molecule has 0 unspecified atom stereocenters. The van der Waals surface area contributed by atoms with Gasteiger partial charge in [0.15, 0.2) is 0 Å². The number of alkyl halides is 6. The summed E-state index contributed by atoms with van der Waals surface area (Å²) >= 11 is 1.67. The summed E-state index contributed by atoms with van der Waals surface area (Å²) in [6.07, 6.45) is -9.97. The predicted octanol–water partition coefficient (Wildman–Crippen LogP) is 3.74. The van der Waals surface area contributed by atoms with Gasteiger partial charge in [0.05, 0.1) is 42.3 Å². The number of carboxylic acid groups (broad SMARTS) is 2. The number of fused-ring (bicyclic) bond motifs is 1. The van der Waals surface area contributed by atoms with E-state index < -0.39 is 24.3 Å². The van der Waals surface area contributed by atoms with Gasteiger partial charge in [0.1, 0.15) is 5.76 Å². The summed E-state index contributed by atoms with van der Waals surface area (Å²) < 4.78 is 80.7. The monoisotopic (exact) mass is 577 g/mol. The van der Waals surface area contributed by atoms with Crippen molar-refractivity contribution in [1.82, 2.24) is 15.0 Å². The maximum absolute atomic E-state index is 10.6. The third-order valence-corrected chi connectivity index (χ3v) is 6.42. The molecular weight excluding hydrogens is 552 g/mol. The van der Waals surface area contributed by atoms with E-state index in [1.807, 2.05) is 20.8 Å². The molecule has 4 rings (SSSR count). The lowest BCUT2D eigenvalue weighted by atomic mass is 10.0. The summed E-state index contributed by atoms with van der Waals surface area (Å²) in [5.41, 5.74) is 3.19. The fraction of sp³-hybridized carbons (Fsp3) is 0.619. The Morgan fingerprint density at radius 2 is 1.68 bits per heavy atom. The number of likely N-dealkylation sites (tertiary alicyclic amines) is 1. The highest BCUT2D eigenvalue weighted by molar-refractivity contribution is 7.09. The molecule has 4 heterocycles. The molecule has 0 aliphatic carbocycles. The Bertz CT molecular complexity index is 1040. The van der Waals surface area contributed by atoms with Crippen molar-refractivity contribution in [2.24, 2.45) is 5.92 Å². The van der Waals surface area contributed by atoms with Crippen molar-refractivity contribution < 1.29 is 60.1 Å². The Hall–Kier alpha value is -2.76. The lowest BCUT2D eigenvalue weighted by molar-refractivity contribution is -0.193. The molecule has 3 atom stereocenters. The van der Waals surface area contributed by atoms with E-state index in [0.717, 1.165) is 48.5 Å². The largest absolute Gasteiger partial charge is 0.490 e. The van der Waals surface area contributed by atoms with Gasteiger partial charge in [-0.05, 0) is 20.8 Å². The zero-order chi connectivity index (χ0) is 28.8. The molecule has 0 bridgehead atoms. The Labute approximate surface area is 216 Å². The minimum atomic E-state index is -5.08. The van der Waals surface area contributed by atoms with Gasteiger partial charge < -0.3 is 24.2 Å². The van der Waals surface area contributed by atoms with Crippen LogP contribution in [0.15, 0.2) is 9.90 Å². The quantitative estimate of drug-likeness (QED) is 0.506. The molecule has 0 spiro atoms. The number of aliphatic carboxylic acids is 2. The smallest absolute Gasteiger partial charge is 0.475 e. The Morgan fingerprint density at radius 3 is 2.13 bits per heavy atom. The fourth-order valence-electron chi connectivity index (χ4n) is 3.75. The van der Waals surface area contributed by atoms with Crippen molar-refractivity contribution in [2.75, 3.05) is 19.8 Å². The SMILES string of the molecule is Cc1nc(CO[C@H]2CN(Cc3c(C)noc3C)[C@@H]3COC[C@H]23)cs1.O=C(O)C(F)(F)F.O=C(O)C(F)(F)F. The summed E-state index contributed by atoms with van der Waals surface area (Å²) in [5, 5.41) is 21.5. The molecule has 214 valence electrons. The maximum Gasteiger partial charge on any atom is 0.490 e. The van der Waals surface area contributed by atoms with E-state index in [1.54, 1.807) is 11.3 Å². The van der Waals surface area contributed by atoms with Crippen LogP contribution in [0.2, 0.25) is 0 Å². The van der Waals surface area contributed by atoms with E-state index >= 15 is 0 Å². The summed E-state index contributed by atoms with van der Waals surface area (Å²) in [6.45, 7) is 9.92. The molecule has 2 saturated heterocycles. The van der Waals surface area contributed by atoms with Gasteiger partial charge in [-0.3, -0.25) is 4.90 Å². The van der Waals surface area contributed by atoms with Crippen LogP contribution in [-0.2, 0) is 32.2 Å². The third kappa shape index (κ3) is 8.92. The van der Waals surface area contributed by atoms with E-state index in [1.165, 1.54) is 5.56 Å². The number of thiazole rings is 1. The van der Waals surface area contributed by atoms with Crippen LogP contribution < -0.4 is 0 Å². The van der Waals surface area contributed by atoms with E-state index in [-0.39, 0.29) is 6.10 Å². The second-order valence-electron chi connectivity index (χ2n) is 8.31. The van der Waals surface area contributed by atoms with Crippen molar-refractivity contribution >= 4 is 23.3 Å². The Balaban J connectivity index is 0.000000301. The summed E-state index contributed by atoms with van der Waals surface area (Å²) in [7, 11) is 0. The summed E-state index contributed by atoms with van der Waals surface area (Å²) in [4.78, 5) is 24.7. The van der Waals surface area contributed by atoms with Crippen LogP contribution >= 0.6 is 11.3 Å².